The van der Waals surface area contributed by atoms with Crippen LogP contribution in [0.3, 0.4) is 0 Å². The third-order valence-electron chi connectivity index (χ3n) is 7.36. The number of amides is 1. The van der Waals surface area contributed by atoms with E-state index in [1.165, 1.54) is 0 Å². The summed E-state index contributed by atoms with van der Waals surface area (Å²) >= 11 is 0. The average molecular weight is 486 g/mol. The predicted octanol–water partition coefficient (Wildman–Crippen LogP) is 2.34. The van der Waals surface area contributed by atoms with Gasteiger partial charge in [-0.25, -0.2) is 9.97 Å². The number of rotatable bonds is 6. The molecular weight excluding hydrogens is 451 g/mol. The molecule has 2 aliphatic heterocycles. The summed E-state index contributed by atoms with van der Waals surface area (Å²) in [6.07, 6.45) is -0.0228. The number of ether oxygens (including phenoxy) is 2. The molecule has 1 N–H and O–H groups in total. The van der Waals surface area contributed by atoms with E-state index in [4.69, 9.17) is 9.47 Å². The van der Waals surface area contributed by atoms with Crippen molar-refractivity contribution in [2.24, 2.45) is 11.3 Å². The standard InChI is InChI=1S/C23H34F3N5O3/c1-16-14-34-12-5-18(16)28-17-3-6-22(13-17,15-33-2)20(32)30-8-10-31(11-9-30)21-27-7-4-19(29-21)23(24,25)26/h4,7,16-18,28H,3,5-6,8-15H2,1-2H3/t16?,17-,18-,22+/m1/s1. The first-order valence-electron chi connectivity index (χ1n) is 12.0. The molecule has 0 radical (unpaired) electrons. The fourth-order valence-corrected chi connectivity index (χ4v) is 5.47. The normalized spacial score (nSPS) is 30.6. The molecule has 190 valence electrons. The second-order valence-corrected chi connectivity index (χ2v) is 9.79. The minimum Gasteiger partial charge on any atom is -0.384 e. The molecule has 1 amide bonds. The molecule has 4 atom stereocenters. The summed E-state index contributed by atoms with van der Waals surface area (Å²) in [7, 11) is 1.62. The maximum Gasteiger partial charge on any atom is 0.433 e. The van der Waals surface area contributed by atoms with Crippen molar-refractivity contribution in [2.45, 2.75) is 50.9 Å². The fourth-order valence-electron chi connectivity index (χ4n) is 5.47. The van der Waals surface area contributed by atoms with Crippen molar-refractivity contribution in [3.05, 3.63) is 18.0 Å². The molecule has 11 heteroatoms. The summed E-state index contributed by atoms with van der Waals surface area (Å²) in [6.45, 7) is 5.67. The van der Waals surface area contributed by atoms with E-state index in [2.05, 4.69) is 22.2 Å². The molecule has 1 saturated carbocycles. The van der Waals surface area contributed by atoms with E-state index < -0.39 is 17.3 Å². The summed E-state index contributed by atoms with van der Waals surface area (Å²) in [6, 6.07) is 1.51. The molecule has 3 heterocycles. The lowest BCUT2D eigenvalue weighted by molar-refractivity contribution is -0.145. The van der Waals surface area contributed by atoms with Crippen molar-refractivity contribution in [1.29, 1.82) is 0 Å². The Labute approximate surface area is 198 Å². The number of hydrogen-bond donors (Lipinski definition) is 1. The molecule has 1 aromatic rings. The van der Waals surface area contributed by atoms with Crippen molar-refractivity contribution < 1.29 is 27.4 Å². The van der Waals surface area contributed by atoms with Crippen LogP contribution in [0.1, 0.15) is 38.3 Å². The van der Waals surface area contributed by atoms with Crippen molar-refractivity contribution in [3.8, 4) is 0 Å². The van der Waals surface area contributed by atoms with Gasteiger partial charge in [-0.2, -0.15) is 13.2 Å². The summed E-state index contributed by atoms with van der Waals surface area (Å²) in [5.74, 6) is 0.556. The summed E-state index contributed by atoms with van der Waals surface area (Å²) in [4.78, 5) is 24.9. The van der Waals surface area contributed by atoms with Gasteiger partial charge in [-0.05, 0) is 37.7 Å². The number of alkyl halides is 3. The number of nitrogens with one attached hydrogen (secondary N) is 1. The predicted molar refractivity (Wildman–Crippen MR) is 119 cm³/mol. The number of carbonyl (C=O) groups is 1. The van der Waals surface area contributed by atoms with Gasteiger partial charge in [0.05, 0.1) is 18.6 Å². The molecule has 3 fully saturated rings. The Hall–Kier alpha value is -1.98. The van der Waals surface area contributed by atoms with Crippen LogP contribution in [-0.4, -0.2) is 86.0 Å². The number of hydrogen-bond acceptors (Lipinski definition) is 7. The lowest BCUT2D eigenvalue weighted by Gasteiger charge is -2.40. The summed E-state index contributed by atoms with van der Waals surface area (Å²) in [5.41, 5.74) is -1.53. The minimum absolute atomic E-state index is 0.0456. The molecule has 4 rings (SSSR count). The van der Waals surface area contributed by atoms with Gasteiger partial charge in [0, 0.05) is 58.2 Å². The highest BCUT2D eigenvalue weighted by Crippen LogP contribution is 2.41. The van der Waals surface area contributed by atoms with Crippen LogP contribution < -0.4 is 10.2 Å². The fraction of sp³-hybridized carbons (Fsp3) is 0.783. The first-order valence-corrected chi connectivity index (χ1v) is 12.0. The summed E-state index contributed by atoms with van der Waals surface area (Å²) < 4.78 is 50.1. The molecule has 0 aromatic carbocycles. The van der Waals surface area contributed by atoms with Crippen LogP contribution in [0.2, 0.25) is 0 Å². The van der Waals surface area contributed by atoms with Gasteiger partial charge in [0.2, 0.25) is 11.9 Å². The Morgan fingerprint density at radius 3 is 2.74 bits per heavy atom. The van der Waals surface area contributed by atoms with Gasteiger partial charge in [-0.1, -0.05) is 6.92 Å². The van der Waals surface area contributed by atoms with E-state index in [1.54, 1.807) is 12.0 Å². The minimum atomic E-state index is -4.52. The Morgan fingerprint density at radius 2 is 2.06 bits per heavy atom. The molecule has 0 spiro atoms. The van der Waals surface area contributed by atoms with Gasteiger partial charge in [-0.15, -0.1) is 0 Å². The van der Waals surface area contributed by atoms with Gasteiger partial charge in [0.15, 0.2) is 0 Å². The average Bonchev–Trinajstić information content (AvgIpc) is 3.23. The van der Waals surface area contributed by atoms with Crippen molar-refractivity contribution in [3.63, 3.8) is 0 Å². The highest BCUT2D eigenvalue weighted by molar-refractivity contribution is 5.83. The smallest absolute Gasteiger partial charge is 0.384 e. The highest BCUT2D eigenvalue weighted by atomic mass is 19.4. The molecule has 1 unspecified atom stereocenters. The topological polar surface area (TPSA) is 79.8 Å². The van der Waals surface area contributed by atoms with Crippen LogP contribution in [0, 0.1) is 11.3 Å². The monoisotopic (exact) mass is 485 g/mol. The molecule has 34 heavy (non-hydrogen) atoms. The zero-order valence-corrected chi connectivity index (χ0v) is 19.8. The maximum absolute atomic E-state index is 13.6. The van der Waals surface area contributed by atoms with Gasteiger partial charge < -0.3 is 24.6 Å². The molecular formula is C23H34F3N5O3. The maximum atomic E-state index is 13.6. The zero-order chi connectivity index (χ0) is 24.3. The Morgan fingerprint density at radius 1 is 1.29 bits per heavy atom. The third-order valence-corrected chi connectivity index (χ3v) is 7.36. The molecule has 1 aromatic heterocycles. The van der Waals surface area contributed by atoms with E-state index >= 15 is 0 Å². The molecule has 0 bridgehead atoms. The number of anilines is 1. The SMILES string of the molecule is COC[C@]1(C(=O)N2CCN(c3nccc(C(F)(F)F)n3)CC2)CC[C@@H](N[C@@H]2CCOCC2C)C1. The van der Waals surface area contributed by atoms with Gasteiger partial charge in [0.1, 0.15) is 5.69 Å². The second-order valence-electron chi connectivity index (χ2n) is 9.79. The van der Waals surface area contributed by atoms with E-state index in [9.17, 15) is 18.0 Å². The lowest BCUT2D eigenvalue weighted by Crippen LogP contribution is -2.54. The molecule has 3 aliphatic rings. The Kier molecular flexibility index (Phi) is 7.63. The number of carbonyl (C=O) groups excluding carboxylic acids is 1. The van der Waals surface area contributed by atoms with Crippen molar-refractivity contribution in [1.82, 2.24) is 20.2 Å². The highest BCUT2D eigenvalue weighted by Gasteiger charge is 2.48. The van der Waals surface area contributed by atoms with E-state index in [0.29, 0.717) is 44.7 Å². The number of piperazine rings is 1. The second kappa shape index (κ2) is 10.3. The van der Waals surface area contributed by atoms with Gasteiger partial charge >= 0.3 is 6.18 Å². The molecule has 8 nitrogen and oxygen atoms in total. The van der Waals surface area contributed by atoms with Crippen LogP contribution in [0.15, 0.2) is 12.3 Å². The van der Waals surface area contributed by atoms with E-state index in [-0.39, 0.29) is 17.9 Å². The van der Waals surface area contributed by atoms with Gasteiger partial charge in [-0.3, -0.25) is 4.79 Å². The van der Waals surface area contributed by atoms with Crippen LogP contribution in [0.4, 0.5) is 19.1 Å². The van der Waals surface area contributed by atoms with E-state index in [0.717, 1.165) is 51.2 Å². The number of methoxy groups -OCH3 is 1. The van der Waals surface area contributed by atoms with Crippen LogP contribution in [0.5, 0.6) is 0 Å². The number of halogens is 3. The first-order chi connectivity index (χ1) is 16.2. The number of aromatic nitrogens is 2. The number of nitrogens with zero attached hydrogens (tertiary/aromatic N) is 4. The first kappa shape index (κ1) is 25.1. The Balaban J connectivity index is 1.37. The van der Waals surface area contributed by atoms with E-state index in [1.807, 2.05) is 4.90 Å². The van der Waals surface area contributed by atoms with Crippen LogP contribution in [0.25, 0.3) is 0 Å². The zero-order valence-electron chi connectivity index (χ0n) is 19.8. The van der Waals surface area contributed by atoms with Crippen molar-refractivity contribution in [2.75, 3.05) is 58.0 Å². The van der Waals surface area contributed by atoms with Crippen LogP contribution >= 0.6 is 0 Å². The molecule has 2 saturated heterocycles. The van der Waals surface area contributed by atoms with Gasteiger partial charge in [0.25, 0.3) is 0 Å². The lowest BCUT2D eigenvalue weighted by atomic mass is 9.84. The third kappa shape index (κ3) is 5.46. The van der Waals surface area contributed by atoms with Crippen molar-refractivity contribution >= 4 is 11.9 Å². The molecule has 1 aliphatic carbocycles. The largest absolute Gasteiger partial charge is 0.433 e. The quantitative estimate of drug-likeness (QED) is 0.663. The Bertz CT molecular complexity index is 849. The van der Waals surface area contributed by atoms with Crippen LogP contribution in [-0.2, 0) is 20.4 Å². The summed E-state index contributed by atoms with van der Waals surface area (Å²) in [5, 5.41) is 3.76.